The number of aliphatic imine (C=N–C) groups is 1. The topological polar surface area (TPSA) is 79.3 Å². The molecule has 2 aromatic rings. The fraction of sp³-hybridized carbons (Fsp3) is 0.158. The molecule has 26 heavy (non-hydrogen) atoms. The number of allylic oxidation sites excluding steroid dienone is 2. The van der Waals surface area contributed by atoms with Gasteiger partial charge in [-0.15, -0.1) is 0 Å². The molecule has 1 aliphatic rings. The number of benzene rings is 1. The van der Waals surface area contributed by atoms with Gasteiger partial charge >= 0.3 is 0 Å². The average Bonchev–Trinajstić information content (AvgIpc) is 3.15. The first-order chi connectivity index (χ1) is 12.6. The number of carbonyl (C=O) groups excluding carboxylic acids is 1. The molecule has 0 saturated heterocycles. The van der Waals surface area contributed by atoms with Crippen molar-refractivity contribution in [2.24, 2.45) is 4.99 Å². The van der Waals surface area contributed by atoms with Gasteiger partial charge in [-0.05, 0) is 23.3 Å². The molecule has 1 aromatic carbocycles. The molecule has 0 amide bonds. The minimum absolute atomic E-state index is 0.00516. The first-order valence-electron chi connectivity index (χ1n) is 8.10. The molecule has 0 atom stereocenters. The van der Waals surface area contributed by atoms with Gasteiger partial charge in [-0.3, -0.25) is 9.79 Å². The van der Waals surface area contributed by atoms with Gasteiger partial charge < -0.3 is 10.6 Å². The molecule has 0 fully saturated rings. The Morgan fingerprint density at radius 2 is 2.19 bits per heavy atom. The Morgan fingerprint density at radius 3 is 2.96 bits per heavy atom. The van der Waals surface area contributed by atoms with Crippen LogP contribution in [0, 0.1) is 0 Å². The standard InChI is InChI=1S/C19H18ClN5O/c1-2-16(26)9-13-4-3-5-14(8-13)10-22-18-17(20)12-23-19(25-18)24-15-6-7-21-11-15/h2-6,8,11-12H,1,7,9-10H2,(H2,22,23,24,25). The second kappa shape index (κ2) is 8.40. The van der Waals surface area contributed by atoms with Crippen LogP contribution in [0.25, 0.3) is 0 Å². The lowest BCUT2D eigenvalue weighted by molar-refractivity contribution is -0.114. The molecule has 7 heteroatoms. The van der Waals surface area contributed by atoms with E-state index in [2.05, 4.69) is 32.2 Å². The lowest BCUT2D eigenvalue weighted by Crippen LogP contribution is -2.08. The molecule has 0 spiro atoms. The van der Waals surface area contributed by atoms with Crippen LogP contribution in [0.3, 0.4) is 0 Å². The fourth-order valence-corrected chi connectivity index (χ4v) is 2.59. The maximum atomic E-state index is 11.5. The van der Waals surface area contributed by atoms with Crippen molar-refractivity contribution in [3.8, 4) is 0 Å². The summed E-state index contributed by atoms with van der Waals surface area (Å²) in [5.41, 5.74) is 2.82. The molecular weight excluding hydrogens is 350 g/mol. The Bertz CT molecular complexity index is 891. The first-order valence-corrected chi connectivity index (χ1v) is 8.48. The van der Waals surface area contributed by atoms with E-state index in [4.69, 9.17) is 11.6 Å². The number of nitrogens with zero attached hydrogens (tertiary/aromatic N) is 3. The number of ketones is 1. The van der Waals surface area contributed by atoms with Crippen molar-refractivity contribution in [3.05, 3.63) is 71.0 Å². The predicted molar refractivity (Wildman–Crippen MR) is 105 cm³/mol. The lowest BCUT2D eigenvalue weighted by Gasteiger charge is -2.10. The van der Waals surface area contributed by atoms with E-state index < -0.39 is 0 Å². The zero-order chi connectivity index (χ0) is 18.4. The number of hydrogen-bond acceptors (Lipinski definition) is 6. The summed E-state index contributed by atoms with van der Waals surface area (Å²) in [6, 6.07) is 7.79. The monoisotopic (exact) mass is 367 g/mol. The van der Waals surface area contributed by atoms with E-state index in [0.717, 1.165) is 16.8 Å². The quantitative estimate of drug-likeness (QED) is 0.699. The molecule has 0 unspecified atom stereocenters. The zero-order valence-electron chi connectivity index (χ0n) is 14.1. The summed E-state index contributed by atoms with van der Waals surface area (Å²) in [7, 11) is 0. The van der Waals surface area contributed by atoms with E-state index in [9.17, 15) is 4.79 Å². The van der Waals surface area contributed by atoms with Gasteiger partial charge in [0.25, 0.3) is 0 Å². The van der Waals surface area contributed by atoms with Crippen LogP contribution >= 0.6 is 11.6 Å². The van der Waals surface area contributed by atoms with E-state index in [1.54, 1.807) is 12.4 Å². The highest BCUT2D eigenvalue weighted by Crippen LogP contribution is 2.21. The van der Waals surface area contributed by atoms with Crippen molar-refractivity contribution in [1.82, 2.24) is 9.97 Å². The molecule has 0 bridgehead atoms. The predicted octanol–water partition coefficient (Wildman–Crippen LogP) is 3.42. The maximum Gasteiger partial charge on any atom is 0.229 e. The van der Waals surface area contributed by atoms with E-state index in [1.165, 1.54) is 6.08 Å². The number of aromatic nitrogens is 2. The Morgan fingerprint density at radius 1 is 1.35 bits per heavy atom. The van der Waals surface area contributed by atoms with Gasteiger partial charge in [-0.2, -0.15) is 4.98 Å². The highest BCUT2D eigenvalue weighted by Gasteiger charge is 2.08. The van der Waals surface area contributed by atoms with Gasteiger partial charge in [-0.1, -0.05) is 42.4 Å². The van der Waals surface area contributed by atoms with Crippen LogP contribution in [-0.4, -0.2) is 28.5 Å². The van der Waals surface area contributed by atoms with Crippen LogP contribution in [0.5, 0.6) is 0 Å². The van der Waals surface area contributed by atoms with Crippen molar-refractivity contribution < 1.29 is 4.79 Å². The Labute approximate surface area is 156 Å². The number of hydrogen-bond donors (Lipinski definition) is 2. The van der Waals surface area contributed by atoms with Crippen molar-refractivity contribution in [2.75, 3.05) is 17.2 Å². The third-order valence-corrected chi connectivity index (χ3v) is 3.98. The summed E-state index contributed by atoms with van der Waals surface area (Å²) in [5, 5.41) is 6.73. The van der Waals surface area contributed by atoms with Crippen molar-refractivity contribution in [3.63, 3.8) is 0 Å². The van der Waals surface area contributed by atoms with Gasteiger partial charge in [-0.25, -0.2) is 4.98 Å². The molecule has 0 radical (unpaired) electrons. The SMILES string of the molecule is C=CC(=O)Cc1cccc(CNc2nc(NC3=CCN=C3)ncc2Cl)c1. The van der Waals surface area contributed by atoms with Crippen LogP contribution in [0.1, 0.15) is 11.1 Å². The maximum absolute atomic E-state index is 11.5. The van der Waals surface area contributed by atoms with E-state index in [-0.39, 0.29) is 5.78 Å². The average molecular weight is 368 g/mol. The molecule has 0 aliphatic carbocycles. The van der Waals surface area contributed by atoms with Gasteiger partial charge in [0, 0.05) is 19.2 Å². The van der Waals surface area contributed by atoms with Crippen molar-refractivity contribution in [2.45, 2.75) is 13.0 Å². The third-order valence-electron chi connectivity index (χ3n) is 3.70. The summed E-state index contributed by atoms with van der Waals surface area (Å²) < 4.78 is 0. The van der Waals surface area contributed by atoms with Gasteiger partial charge in [0.05, 0.1) is 18.4 Å². The highest BCUT2D eigenvalue weighted by atomic mass is 35.5. The second-order valence-electron chi connectivity index (χ2n) is 5.69. The molecule has 1 aromatic heterocycles. The summed E-state index contributed by atoms with van der Waals surface area (Å²) in [4.78, 5) is 24.2. The summed E-state index contributed by atoms with van der Waals surface area (Å²) >= 11 is 6.19. The molecule has 2 heterocycles. The smallest absolute Gasteiger partial charge is 0.229 e. The fourth-order valence-electron chi connectivity index (χ4n) is 2.43. The molecule has 132 valence electrons. The van der Waals surface area contributed by atoms with Gasteiger partial charge in [0.2, 0.25) is 5.95 Å². The molecular formula is C19H18ClN5O. The Kier molecular flexibility index (Phi) is 5.76. The highest BCUT2D eigenvalue weighted by molar-refractivity contribution is 6.32. The zero-order valence-corrected chi connectivity index (χ0v) is 14.8. The van der Waals surface area contributed by atoms with Crippen molar-refractivity contribution in [1.29, 1.82) is 0 Å². The number of anilines is 2. The second-order valence-corrected chi connectivity index (χ2v) is 6.10. The van der Waals surface area contributed by atoms with Gasteiger partial charge in [0.15, 0.2) is 11.6 Å². The van der Waals surface area contributed by atoms with Crippen LogP contribution in [0.2, 0.25) is 5.02 Å². The molecule has 6 nitrogen and oxygen atoms in total. The van der Waals surface area contributed by atoms with Crippen LogP contribution in [-0.2, 0) is 17.8 Å². The number of halogens is 1. The minimum atomic E-state index is -0.00516. The molecule has 0 saturated carbocycles. The van der Waals surface area contributed by atoms with E-state index >= 15 is 0 Å². The van der Waals surface area contributed by atoms with Crippen LogP contribution in [0.15, 0.2) is 59.9 Å². The lowest BCUT2D eigenvalue weighted by atomic mass is 10.1. The van der Waals surface area contributed by atoms with Gasteiger partial charge in [0.1, 0.15) is 5.02 Å². The number of rotatable bonds is 8. The largest absolute Gasteiger partial charge is 0.365 e. The summed E-state index contributed by atoms with van der Waals surface area (Å²) in [6.45, 7) is 4.68. The van der Waals surface area contributed by atoms with Crippen LogP contribution in [0.4, 0.5) is 11.8 Å². The third kappa shape index (κ3) is 4.77. The summed E-state index contributed by atoms with van der Waals surface area (Å²) in [6.07, 6.45) is 6.91. The number of nitrogens with one attached hydrogen (secondary N) is 2. The number of carbonyl (C=O) groups is 1. The molecule has 2 N–H and O–H groups in total. The first kappa shape index (κ1) is 17.8. The molecule has 3 rings (SSSR count). The minimum Gasteiger partial charge on any atom is -0.365 e. The van der Waals surface area contributed by atoms with Crippen LogP contribution < -0.4 is 10.6 Å². The normalized spacial score (nSPS) is 12.6. The van der Waals surface area contributed by atoms with E-state index in [0.29, 0.717) is 36.3 Å². The molecule has 1 aliphatic heterocycles. The Balaban J connectivity index is 1.67. The summed E-state index contributed by atoms with van der Waals surface area (Å²) in [5.74, 6) is 0.975. The van der Waals surface area contributed by atoms with E-state index in [1.807, 2.05) is 30.3 Å². The Hall–Kier alpha value is -2.99. The van der Waals surface area contributed by atoms with Crippen molar-refractivity contribution >= 4 is 35.4 Å².